The predicted octanol–water partition coefficient (Wildman–Crippen LogP) is 5.05. The van der Waals surface area contributed by atoms with Gasteiger partial charge in [-0.1, -0.05) is 6.07 Å². The van der Waals surface area contributed by atoms with Gasteiger partial charge in [-0.05, 0) is 60.7 Å². The van der Waals surface area contributed by atoms with Crippen LogP contribution in [0.4, 0.5) is 13.2 Å². The van der Waals surface area contributed by atoms with E-state index < -0.39 is 11.7 Å². The van der Waals surface area contributed by atoms with Gasteiger partial charge in [0.2, 0.25) is 0 Å². The molecule has 1 amide bonds. The van der Waals surface area contributed by atoms with E-state index >= 15 is 0 Å². The quantitative estimate of drug-likeness (QED) is 0.634. The number of halogens is 3. The molecule has 3 aromatic rings. The van der Waals surface area contributed by atoms with Crippen molar-refractivity contribution in [3.8, 4) is 5.75 Å². The number of hydrogen-bond acceptors (Lipinski definition) is 3. The van der Waals surface area contributed by atoms with E-state index in [0.29, 0.717) is 31.5 Å². The molecule has 0 unspecified atom stereocenters. The average Bonchev–Trinajstić information content (AvgIpc) is 3.20. The maximum absolute atomic E-state index is 13.2. The summed E-state index contributed by atoms with van der Waals surface area (Å²) in [6, 6.07) is 8.53. The van der Waals surface area contributed by atoms with Crippen LogP contribution in [0.25, 0.3) is 10.9 Å². The van der Waals surface area contributed by atoms with Gasteiger partial charge in [0.05, 0.1) is 6.20 Å². The van der Waals surface area contributed by atoms with Crippen molar-refractivity contribution in [2.75, 3.05) is 13.1 Å². The third-order valence-electron chi connectivity index (χ3n) is 6.46. The molecule has 8 heteroatoms. The topological polar surface area (TPSA) is 58.2 Å². The molecule has 162 valence electrons. The average molecular weight is 429 g/mol. The highest BCUT2D eigenvalue weighted by atomic mass is 19.4. The fourth-order valence-electron chi connectivity index (χ4n) is 4.96. The first-order valence-electron chi connectivity index (χ1n) is 10.4. The summed E-state index contributed by atoms with van der Waals surface area (Å²) < 4.78 is 45.2. The summed E-state index contributed by atoms with van der Waals surface area (Å²) in [5.74, 6) is -0.232. The van der Waals surface area contributed by atoms with Crippen LogP contribution in [0.1, 0.15) is 41.6 Å². The lowest BCUT2D eigenvalue weighted by atomic mass is 9.62. The number of benzene rings is 1. The van der Waals surface area contributed by atoms with Crippen LogP contribution in [0.5, 0.6) is 5.75 Å². The first-order valence-corrected chi connectivity index (χ1v) is 10.4. The number of amides is 1. The smallest absolute Gasteiger partial charge is 0.420 e. The number of rotatable bonds is 3. The van der Waals surface area contributed by atoms with Crippen LogP contribution in [0.2, 0.25) is 0 Å². The van der Waals surface area contributed by atoms with Crippen LogP contribution in [-0.4, -0.2) is 40.0 Å². The molecule has 5 nitrogen and oxygen atoms in total. The molecule has 2 fully saturated rings. The molecule has 1 saturated heterocycles. The van der Waals surface area contributed by atoms with Crippen molar-refractivity contribution in [1.29, 1.82) is 0 Å². The second kappa shape index (κ2) is 7.28. The molecule has 31 heavy (non-hydrogen) atoms. The van der Waals surface area contributed by atoms with Gasteiger partial charge in [0.25, 0.3) is 5.91 Å². The van der Waals surface area contributed by atoms with Gasteiger partial charge in [-0.15, -0.1) is 0 Å². The van der Waals surface area contributed by atoms with Crippen LogP contribution < -0.4 is 4.74 Å². The van der Waals surface area contributed by atoms with Gasteiger partial charge >= 0.3 is 6.18 Å². The molecule has 0 bridgehead atoms. The minimum atomic E-state index is -4.48. The largest absolute Gasteiger partial charge is 0.488 e. The summed E-state index contributed by atoms with van der Waals surface area (Å²) in [7, 11) is 0. The van der Waals surface area contributed by atoms with E-state index in [1.54, 1.807) is 0 Å². The zero-order chi connectivity index (χ0) is 21.6. The predicted molar refractivity (Wildman–Crippen MR) is 109 cm³/mol. The van der Waals surface area contributed by atoms with E-state index in [1.165, 1.54) is 0 Å². The maximum Gasteiger partial charge on any atom is 0.420 e. The van der Waals surface area contributed by atoms with Crippen molar-refractivity contribution >= 4 is 16.8 Å². The Labute approximate surface area is 177 Å². The Balaban J connectivity index is 1.25. The summed E-state index contributed by atoms with van der Waals surface area (Å²) in [5.41, 5.74) is 0.676. The second-order valence-electron chi connectivity index (χ2n) is 8.63. The Morgan fingerprint density at radius 2 is 2.06 bits per heavy atom. The van der Waals surface area contributed by atoms with Gasteiger partial charge in [0.1, 0.15) is 17.4 Å². The summed E-state index contributed by atoms with van der Waals surface area (Å²) in [4.78, 5) is 21.8. The third kappa shape index (κ3) is 3.75. The molecule has 1 aromatic carbocycles. The van der Waals surface area contributed by atoms with Crippen molar-refractivity contribution in [2.24, 2.45) is 5.41 Å². The van der Waals surface area contributed by atoms with Crippen LogP contribution >= 0.6 is 0 Å². The third-order valence-corrected chi connectivity index (χ3v) is 6.46. The number of pyridine rings is 1. The molecular weight excluding hydrogens is 407 g/mol. The molecule has 2 aromatic heterocycles. The number of aromatic nitrogens is 2. The van der Waals surface area contributed by atoms with E-state index in [2.05, 4.69) is 9.97 Å². The first kappa shape index (κ1) is 19.9. The minimum absolute atomic E-state index is 0.00781. The minimum Gasteiger partial charge on any atom is -0.488 e. The number of ether oxygens (including phenoxy) is 1. The van der Waals surface area contributed by atoms with E-state index in [9.17, 15) is 18.0 Å². The number of aromatic amines is 1. The standard InChI is InChI=1S/C23H22F3N3O2/c24-23(25,26)18-5-7-27-13-20(18)31-17-11-22(12-17)6-1-9-29(14-22)21(30)16-3-2-15-4-8-28-19(15)10-16/h2-5,7-8,10,13,17,28H,1,6,9,11-12,14H2. The molecule has 3 heterocycles. The van der Waals surface area contributed by atoms with E-state index in [4.69, 9.17) is 4.74 Å². The Morgan fingerprint density at radius 1 is 1.23 bits per heavy atom. The number of nitrogens with one attached hydrogen (secondary N) is 1. The van der Waals surface area contributed by atoms with E-state index in [1.807, 2.05) is 35.4 Å². The lowest BCUT2D eigenvalue weighted by molar-refractivity contribution is -0.140. The number of H-pyrrole nitrogens is 1. The fourth-order valence-corrected chi connectivity index (χ4v) is 4.96. The molecule has 5 rings (SSSR count). The van der Waals surface area contributed by atoms with E-state index in [-0.39, 0.29) is 23.2 Å². The summed E-state index contributed by atoms with van der Waals surface area (Å²) in [6.07, 6.45) is 2.42. The summed E-state index contributed by atoms with van der Waals surface area (Å²) in [5, 5.41) is 1.05. The van der Waals surface area contributed by atoms with Gasteiger partial charge in [0, 0.05) is 36.6 Å². The molecule has 1 spiro atoms. The van der Waals surface area contributed by atoms with Crippen molar-refractivity contribution in [3.63, 3.8) is 0 Å². The van der Waals surface area contributed by atoms with Gasteiger partial charge in [-0.3, -0.25) is 9.78 Å². The van der Waals surface area contributed by atoms with Crippen molar-refractivity contribution in [3.05, 3.63) is 60.0 Å². The highest BCUT2D eigenvalue weighted by molar-refractivity contribution is 5.98. The molecule has 1 aliphatic carbocycles. The normalized spacial score (nSPS) is 23.7. The molecule has 1 N–H and O–H groups in total. The summed E-state index contributed by atoms with van der Waals surface area (Å²) >= 11 is 0. The lowest BCUT2D eigenvalue weighted by Crippen LogP contribution is -2.55. The molecule has 1 aliphatic heterocycles. The number of carbonyl (C=O) groups is 1. The van der Waals surface area contributed by atoms with Crippen molar-refractivity contribution in [2.45, 2.75) is 38.0 Å². The monoisotopic (exact) mass is 429 g/mol. The Kier molecular flexibility index (Phi) is 4.68. The number of likely N-dealkylation sites (tertiary alicyclic amines) is 1. The molecule has 0 radical (unpaired) electrons. The zero-order valence-electron chi connectivity index (χ0n) is 16.8. The van der Waals surface area contributed by atoms with Crippen LogP contribution in [0, 0.1) is 5.41 Å². The number of carbonyl (C=O) groups excluding carboxylic acids is 1. The number of nitrogens with zero attached hydrogens (tertiary/aromatic N) is 2. The zero-order valence-corrected chi connectivity index (χ0v) is 16.8. The van der Waals surface area contributed by atoms with Crippen LogP contribution in [0.3, 0.4) is 0 Å². The second-order valence-corrected chi connectivity index (χ2v) is 8.63. The van der Waals surface area contributed by atoms with Gasteiger partial charge < -0.3 is 14.6 Å². The number of alkyl halides is 3. The van der Waals surface area contributed by atoms with Gasteiger partial charge in [0.15, 0.2) is 0 Å². The first-order chi connectivity index (χ1) is 14.8. The Bertz CT molecular complexity index is 1120. The number of piperidine rings is 1. The SMILES string of the molecule is O=C(c1ccc2cc[nH]c2c1)N1CCCC2(CC(Oc3cnccc3C(F)(F)F)C2)C1. The molecule has 2 aliphatic rings. The molecule has 0 atom stereocenters. The molecular formula is C23H22F3N3O2. The van der Waals surface area contributed by atoms with Crippen LogP contribution in [-0.2, 0) is 6.18 Å². The van der Waals surface area contributed by atoms with Crippen molar-refractivity contribution in [1.82, 2.24) is 14.9 Å². The highest BCUT2D eigenvalue weighted by Crippen LogP contribution is 2.50. The Morgan fingerprint density at radius 3 is 2.87 bits per heavy atom. The highest BCUT2D eigenvalue weighted by Gasteiger charge is 2.49. The number of hydrogen-bond donors (Lipinski definition) is 1. The lowest BCUT2D eigenvalue weighted by Gasteiger charge is -2.52. The maximum atomic E-state index is 13.2. The van der Waals surface area contributed by atoms with Crippen LogP contribution in [0.15, 0.2) is 48.9 Å². The van der Waals surface area contributed by atoms with Crippen molar-refractivity contribution < 1.29 is 22.7 Å². The van der Waals surface area contributed by atoms with Gasteiger partial charge in [-0.25, -0.2) is 0 Å². The Hall–Kier alpha value is -3.03. The number of fused-ring (bicyclic) bond motifs is 1. The van der Waals surface area contributed by atoms with Gasteiger partial charge in [-0.2, -0.15) is 13.2 Å². The molecule has 1 saturated carbocycles. The van der Waals surface area contributed by atoms with E-state index in [0.717, 1.165) is 42.2 Å². The fraction of sp³-hybridized carbons (Fsp3) is 0.391. The summed E-state index contributed by atoms with van der Waals surface area (Å²) in [6.45, 7) is 1.29.